The van der Waals surface area contributed by atoms with Gasteiger partial charge < -0.3 is 15.2 Å². The fourth-order valence-electron chi connectivity index (χ4n) is 2.30. The number of carbonyl (C=O) groups is 2. The SMILES string of the molecule is CC(Oc1ccccc1C(F)(F)F)C(=O)Nc1ccc(CCC(=O)O)cc1. The Kier molecular flexibility index (Phi) is 6.44. The first kappa shape index (κ1) is 20.3. The molecule has 144 valence electrons. The van der Waals surface area contributed by atoms with Crippen LogP contribution in [-0.4, -0.2) is 23.1 Å². The Bertz CT molecular complexity index is 803. The van der Waals surface area contributed by atoms with Crippen molar-refractivity contribution in [1.82, 2.24) is 0 Å². The van der Waals surface area contributed by atoms with Crippen molar-refractivity contribution in [3.05, 3.63) is 59.7 Å². The van der Waals surface area contributed by atoms with Gasteiger partial charge in [0, 0.05) is 12.1 Å². The lowest BCUT2D eigenvalue weighted by Gasteiger charge is -2.18. The van der Waals surface area contributed by atoms with Crippen LogP contribution >= 0.6 is 0 Å². The van der Waals surface area contributed by atoms with Crippen molar-refractivity contribution in [2.45, 2.75) is 32.0 Å². The minimum absolute atomic E-state index is 0.00477. The molecule has 1 unspecified atom stereocenters. The minimum Gasteiger partial charge on any atom is -0.481 e. The van der Waals surface area contributed by atoms with E-state index in [4.69, 9.17) is 9.84 Å². The summed E-state index contributed by atoms with van der Waals surface area (Å²) in [7, 11) is 0. The topological polar surface area (TPSA) is 75.6 Å². The van der Waals surface area contributed by atoms with Gasteiger partial charge in [-0.3, -0.25) is 9.59 Å². The number of ether oxygens (including phenoxy) is 1. The van der Waals surface area contributed by atoms with Crippen LogP contribution < -0.4 is 10.1 Å². The van der Waals surface area contributed by atoms with E-state index in [1.54, 1.807) is 24.3 Å². The lowest BCUT2D eigenvalue weighted by molar-refractivity contribution is -0.140. The largest absolute Gasteiger partial charge is 0.481 e. The van der Waals surface area contributed by atoms with E-state index >= 15 is 0 Å². The number of carboxylic acid groups (broad SMARTS) is 1. The van der Waals surface area contributed by atoms with Gasteiger partial charge in [0.15, 0.2) is 6.10 Å². The van der Waals surface area contributed by atoms with Crippen molar-refractivity contribution in [2.75, 3.05) is 5.32 Å². The van der Waals surface area contributed by atoms with Crippen molar-refractivity contribution in [3.63, 3.8) is 0 Å². The third-order valence-electron chi connectivity index (χ3n) is 3.71. The van der Waals surface area contributed by atoms with Gasteiger partial charge in [0.1, 0.15) is 5.75 Å². The average Bonchev–Trinajstić information content (AvgIpc) is 2.60. The second-order valence-corrected chi connectivity index (χ2v) is 5.83. The predicted octanol–water partition coefficient (Wildman–Crippen LogP) is 4.13. The number of carboxylic acids is 1. The summed E-state index contributed by atoms with van der Waals surface area (Å²) in [5, 5.41) is 11.2. The fourth-order valence-corrected chi connectivity index (χ4v) is 2.30. The molecule has 1 amide bonds. The molecule has 0 saturated heterocycles. The van der Waals surface area contributed by atoms with Gasteiger partial charge in [0.2, 0.25) is 0 Å². The zero-order valence-electron chi connectivity index (χ0n) is 14.4. The number of para-hydroxylation sites is 1. The number of hydrogen-bond acceptors (Lipinski definition) is 3. The summed E-state index contributed by atoms with van der Waals surface area (Å²) < 4.78 is 44.1. The minimum atomic E-state index is -4.58. The van der Waals surface area contributed by atoms with Gasteiger partial charge in [0.25, 0.3) is 5.91 Å². The summed E-state index contributed by atoms with van der Waals surface area (Å²) in [5.74, 6) is -1.93. The van der Waals surface area contributed by atoms with Gasteiger partial charge in [-0.2, -0.15) is 13.2 Å². The van der Waals surface area contributed by atoms with Crippen LogP contribution in [0.1, 0.15) is 24.5 Å². The fraction of sp³-hybridized carbons (Fsp3) is 0.263. The lowest BCUT2D eigenvalue weighted by atomic mass is 10.1. The number of nitrogens with one attached hydrogen (secondary N) is 1. The van der Waals surface area contributed by atoms with E-state index < -0.39 is 35.5 Å². The highest BCUT2D eigenvalue weighted by Crippen LogP contribution is 2.36. The lowest BCUT2D eigenvalue weighted by Crippen LogP contribution is -2.30. The van der Waals surface area contributed by atoms with Crippen LogP contribution in [0.2, 0.25) is 0 Å². The Hall–Kier alpha value is -3.03. The van der Waals surface area contributed by atoms with Gasteiger partial charge in [-0.05, 0) is 43.2 Å². The Labute approximate surface area is 153 Å². The molecule has 0 saturated carbocycles. The summed E-state index contributed by atoms with van der Waals surface area (Å²) in [5.41, 5.74) is 0.268. The standard InChI is InChI=1S/C19H18F3NO4/c1-12(27-16-5-3-2-4-15(16)19(20,21)22)18(26)23-14-9-6-13(7-10-14)8-11-17(24)25/h2-7,9-10,12H,8,11H2,1H3,(H,23,26)(H,24,25). The van der Waals surface area contributed by atoms with Gasteiger partial charge in [-0.1, -0.05) is 24.3 Å². The van der Waals surface area contributed by atoms with Crippen LogP contribution in [0.25, 0.3) is 0 Å². The van der Waals surface area contributed by atoms with Crippen LogP contribution in [0.5, 0.6) is 5.75 Å². The maximum absolute atomic E-state index is 13.0. The van der Waals surface area contributed by atoms with E-state index in [1.807, 2.05) is 0 Å². The summed E-state index contributed by atoms with van der Waals surface area (Å²) in [6.45, 7) is 1.35. The van der Waals surface area contributed by atoms with Crippen LogP contribution in [-0.2, 0) is 22.2 Å². The Balaban J connectivity index is 1.99. The molecular formula is C19H18F3NO4. The molecule has 0 aliphatic rings. The Morgan fingerprint density at radius 1 is 1.11 bits per heavy atom. The molecule has 2 aromatic rings. The van der Waals surface area contributed by atoms with E-state index in [9.17, 15) is 22.8 Å². The van der Waals surface area contributed by atoms with Crippen molar-refractivity contribution < 1.29 is 32.6 Å². The van der Waals surface area contributed by atoms with Crippen LogP contribution in [0.15, 0.2) is 48.5 Å². The van der Waals surface area contributed by atoms with Gasteiger partial charge in [0.05, 0.1) is 5.56 Å². The molecule has 0 fully saturated rings. The normalized spacial score (nSPS) is 12.3. The molecule has 8 heteroatoms. The second kappa shape index (κ2) is 8.57. The molecular weight excluding hydrogens is 363 g/mol. The molecule has 1 atom stereocenters. The molecule has 2 rings (SSSR count). The molecule has 0 aromatic heterocycles. The average molecular weight is 381 g/mol. The maximum Gasteiger partial charge on any atom is 0.419 e. The molecule has 2 aromatic carbocycles. The molecule has 0 heterocycles. The number of alkyl halides is 3. The highest BCUT2D eigenvalue weighted by molar-refractivity contribution is 5.94. The van der Waals surface area contributed by atoms with Gasteiger partial charge in [-0.15, -0.1) is 0 Å². The third kappa shape index (κ3) is 6.02. The number of carbonyl (C=O) groups excluding carboxylic acids is 1. The first-order valence-electron chi connectivity index (χ1n) is 8.11. The highest BCUT2D eigenvalue weighted by atomic mass is 19.4. The van der Waals surface area contributed by atoms with Gasteiger partial charge >= 0.3 is 12.1 Å². The highest BCUT2D eigenvalue weighted by Gasteiger charge is 2.34. The summed E-state index contributed by atoms with van der Waals surface area (Å²) in [6.07, 6.45) is -5.38. The summed E-state index contributed by atoms with van der Waals surface area (Å²) in [4.78, 5) is 22.7. The number of aliphatic carboxylic acids is 1. The summed E-state index contributed by atoms with van der Waals surface area (Å²) in [6, 6.07) is 11.2. The number of benzene rings is 2. The Morgan fingerprint density at radius 3 is 2.33 bits per heavy atom. The van der Waals surface area contributed by atoms with E-state index in [2.05, 4.69) is 5.32 Å². The van der Waals surface area contributed by atoms with E-state index in [1.165, 1.54) is 19.1 Å². The van der Waals surface area contributed by atoms with E-state index in [-0.39, 0.29) is 6.42 Å². The number of rotatable bonds is 7. The quantitative estimate of drug-likeness (QED) is 0.756. The number of hydrogen-bond donors (Lipinski definition) is 2. The molecule has 0 bridgehead atoms. The van der Waals surface area contributed by atoms with Crippen molar-refractivity contribution >= 4 is 17.6 Å². The van der Waals surface area contributed by atoms with Crippen LogP contribution in [0.4, 0.5) is 18.9 Å². The summed E-state index contributed by atoms with van der Waals surface area (Å²) >= 11 is 0. The van der Waals surface area contributed by atoms with Crippen LogP contribution in [0.3, 0.4) is 0 Å². The number of anilines is 1. The molecule has 0 radical (unpaired) electrons. The van der Waals surface area contributed by atoms with Crippen molar-refractivity contribution in [1.29, 1.82) is 0 Å². The first-order valence-corrected chi connectivity index (χ1v) is 8.11. The van der Waals surface area contributed by atoms with E-state index in [0.29, 0.717) is 12.1 Å². The predicted molar refractivity (Wildman–Crippen MR) is 92.6 cm³/mol. The van der Waals surface area contributed by atoms with Crippen molar-refractivity contribution in [2.24, 2.45) is 0 Å². The monoisotopic (exact) mass is 381 g/mol. The van der Waals surface area contributed by atoms with E-state index in [0.717, 1.165) is 17.7 Å². The second-order valence-electron chi connectivity index (χ2n) is 5.83. The number of halogens is 3. The maximum atomic E-state index is 13.0. The molecule has 27 heavy (non-hydrogen) atoms. The molecule has 0 spiro atoms. The number of aryl methyl sites for hydroxylation is 1. The zero-order chi connectivity index (χ0) is 20.0. The molecule has 2 N–H and O–H groups in total. The van der Waals surface area contributed by atoms with Crippen molar-refractivity contribution in [3.8, 4) is 5.75 Å². The number of amides is 1. The zero-order valence-corrected chi connectivity index (χ0v) is 14.4. The smallest absolute Gasteiger partial charge is 0.419 e. The molecule has 5 nitrogen and oxygen atoms in total. The molecule has 0 aliphatic heterocycles. The third-order valence-corrected chi connectivity index (χ3v) is 3.71. The van der Waals surface area contributed by atoms with Crippen LogP contribution in [0, 0.1) is 0 Å². The molecule has 0 aliphatic carbocycles. The van der Waals surface area contributed by atoms with Gasteiger partial charge in [-0.25, -0.2) is 0 Å². The first-order chi connectivity index (χ1) is 12.7. The Morgan fingerprint density at radius 2 is 1.74 bits per heavy atom.